The molecule has 4 aromatic heterocycles. The second kappa shape index (κ2) is 21.2. The van der Waals surface area contributed by atoms with Crippen molar-refractivity contribution in [2.75, 3.05) is 0 Å². The predicted molar refractivity (Wildman–Crippen MR) is 351 cm³/mol. The Bertz CT molecular complexity index is 5090. The monoisotopic (exact) mass is 1100 g/mol. The summed E-state index contributed by atoms with van der Waals surface area (Å²) in [5.41, 5.74) is 17.9. The highest BCUT2D eigenvalue weighted by atomic mass is 15.1. The molecule has 0 unspecified atom stereocenters. The first-order chi connectivity index (χ1) is 42.6. The van der Waals surface area contributed by atoms with Gasteiger partial charge < -0.3 is 9.13 Å². The average Bonchev–Trinajstić information content (AvgIpc) is 1.85. The molecule has 0 spiro atoms. The van der Waals surface area contributed by atoms with Crippen molar-refractivity contribution in [3.63, 3.8) is 0 Å². The summed E-state index contributed by atoms with van der Waals surface area (Å²) >= 11 is 0. The van der Waals surface area contributed by atoms with Gasteiger partial charge in [-0.25, -0.2) is 29.9 Å². The van der Waals surface area contributed by atoms with Crippen LogP contribution in [-0.4, -0.2) is 39.0 Å². The summed E-state index contributed by atoms with van der Waals surface area (Å²) in [5, 5.41) is 4.59. The number of aromatic nitrogens is 8. The molecule has 16 aromatic rings. The van der Waals surface area contributed by atoms with E-state index in [0.717, 1.165) is 122 Å². The molecule has 16 rings (SSSR count). The van der Waals surface area contributed by atoms with E-state index in [1.165, 1.54) is 0 Å². The zero-order valence-electron chi connectivity index (χ0n) is 46.4. The summed E-state index contributed by atoms with van der Waals surface area (Å²) in [6, 6.07) is 106. The van der Waals surface area contributed by atoms with Crippen LogP contribution >= 0.6 is 0 Å². The van der Waals surface area contributed by atoms with E-state index in [0.29, 0.717) is 34.9 Å². The summed E-state index contributed by atoms with van der Waals surface area (Å²) < 4.78 is 4.81. The van der Waals surface area contributed by atoms with Crippen LogP contribution in [0, 0.1) is 0 Å². The minimum atomic E-state index is 0.536. The molecule has 402 valence electrons. The average molecular weight is 1100 g/mol. The van der Waals surface area contributed by atoms with Crippen molar-refractivity contribution in [1.82, 2.24) is 39.0 Å². The zero-order chi connectivity index (χ0) is 56.9. The van der Waals surface area contributed by atoms with Gasteiger partial charge in [-0.05, 0) is 101 Å². The van der Waals surface area contributed by atoms with Crippen molar-refractivity contribution < 1.29 is 0 Å². The number of para-hydroxylation sites is 2. The summed E-state index contributed by atoms with van der Waals surface area (Å²) in [6.45, 7) is 0. The van der Waals surface area contributed by atoms with Gasteiger partial charge in [-0.1, -0.05) is 231 Å². The molecule has 0 radical (unpaired) electrons. The van der Waals surface area contributed by atoms with E-state index in [4.69, 9.17) is 29.9 Å². The van der Waals surface area contributed by atoms with Crippen LogP contribution < -0.4 is 0 Å². The van der Waals surface area contributed by atoms with E-state index in [1.807, 2.05) is 97.1 Å². The van der Waals surface area contributed by atoms with Gasteiger partial charge in [-0.15, -0.1) is 0 Å². The van der Waals surface area contributed by atoms with Crippen molar-refractivity contribution in [3.8, 4) is 113 Å². The SMILES string of the molecule is c1ccc(-c2ccc3c(c2)c2ccccc2n3-c2cc(-c3nc(-c4ccccc4)nc(-c4ccccc4)n3)cc(-c3cc(-c4nc(-c5ccccc5)nc(-c5ccccc5)n4)ccc3-n3c4ccccc4c4cc(-c5ccccc5)ccc43)c2)cc1. The van der Waals surface area contributed by atoms with E-state index in [-0.39, 0.29) is 0 Å². The van der Waals surface area contributed by atoms with Crippen molar-refractivity contribution in [2.45, 2.75) is 0 Å². The van der Waals surface area contributed by atoms with Gasteiger partial charge in [0.25, 0.3) is 0 Å². The summed E-state index contributed by atoms with van der Waals surface area (Å²) in [7, 11) is 0. The summed E-state index contributed by atoms with van der Waals surface area (Å²) in [5.74, 6) is 3.40. The standard InChI is InChI=1S/C78H50N8/c1-7-23-51(24-8-1)57-39-42-71-66(48-57)63-35-19-21-37-68(63)85(71)62-46-60(45-61(47-62)78-83-75(55-31-15-5-16-32-55)80-76(84-78)56-33-17-6-18-34-56)65-50-59(77-81-73(53-27-11-3-12-28-53)79-74(82-77)54-29-13-4-14-30-54)41-44-70(65)86-69-38-22-20-36-64(69)67-49-58(40-43-72(67)86)52-25-9-2-10-26-52/h1-50H. The molecular formula is C78H50N8. The van der Waals surface area contributed by atoms with Gasteiger partial charge >= 0.3 is 0 Å². The van der Waals surface area contributed by atoms with Crippen LogP contribution in [-0.2, 0) is 0 Å². The van der Waals surface area contributed by atoms with Crippen LogP contribution in [0.4, 0.5) is 0 Å². The summed E-state index contributed by atoms with van der Waals surface area (Å²) in [6.07, 6.45) is 0. The maximum absolute atomic E-state index is 5.39. The molecule has 4 heterocycles. The highest BCUT2D eigenvalue weighted by molar-refractivity contribution is 6.12. The Morgan fingerprint density at radius 2 is 0.512 bits per heavy atom. The van der Waals surface area contributed by atoms with Gasteiger partial charge in [0.1, 0.15) is 0 Å². The third-order valence-corrected chi connectivity index (χ3v) is 16.2. The van der Waals surface area contributed by atoms with Crippen molar-refractivity contribution in [3.05, 3.63) is 303 Å². The van der Waals surface area contributed by atoms with Gasteiger partial charge in [0.05, 0.1) is 27.8 Å². The third kappa shape index (κ3) is 9.06. The van der Waals surface area contributed by atoms with E-state index in [9.17, 15) is 0 Å². The first-order valence-electron chi connectivity index (χ1n) is 28.8. The lowest BCUT2D eigenvalue weighted by Crippen LogP contribution is -2.03. The van der Waals surface area contributed by atoms with E-state index in [1.54, 1.807) is 0 Å². The van der Waals surface area contributed by atoms with Crippen LogP contribution in [0.1, 0.15) is 0 Å². The van der Waals surface area contributed by atoms with Crippen molar-refractivity contribution in [1.29, 1.82) is 0 Å². The van der Waals surface area contributed by atoms with Gasteiger partial charge in [0.15, 0.2) is 34.9 Å². The molecule has 0 saturated heterocycles. The zero-order valence-corrected chi connectivity index (χ0v) is 46.4. The van der Waals surface area contributed by atoms with Crippen molar-refractivity contribution in [2.24, 2.45) is 0 Å². The first-order valence-corrected chi connectivity index (χ1v) is 28.8. The molecule has 0 N–H and O–H groups in total. The molecule has 0 saturated carbocycles. The number of hydrogen-bond donors (Lipinski definition) is 0. The maximum atomic E-state index is 5.39. The molecule has 0 atom stereocenters. The van der Waals surface area contributed by atoms with Crippen LogP contribution in [0.5, 0.6) is 0 Å². The lowest BCUT2D eigenvalue weighted by molar-refractivity contribution is 1.07. The molecule has 0 aliphatic rings. The van der Waals surface area contributed by atoms with Gasteiger partial charge in [0, 0.05) is 66.2 Å². The topological polar surface area (TPSA) is 87.2 Å². The Balaban J connectivity index is 1.01. The Kier molecular flexibility index (Phi) is 12.3. The van der Waals surface area contributed by atoms with Crippen LogP contribution in [0.15, 0.2) is 303 Å². The second-order valence-electron chi connectivity index (χ2n) is 21.5. The second-order valence-corrected chi connectivity index (χ2v) is 21.5. The largest absolute Gasteiger partial charge is 0.309 e. The fourth-order valence-electron chi connectivity index (χ4n) is 12.1. The molecule has 0 bridgehead atoms. The Labute approximate surface area is 496 Å². The minimum Gasteiger partial charge on any atom is -0.309 e. The fraction of sp³-hybridized carbons (Fsp3) is 0. The number of rotatable bonds is 11. The molecule has 0 fully saturated rings. The minimum absolute atomic E-state index is 0.536. The third-order valence-electron chi connectivity index (χ3n) is 16.2. The highest BCUT2D eigenvalue weighted by Crippen LogP contribution is 2.43. The summed E-state index contributed by atoms with van der Waals surface area (Å²) in [4.78, 5) is 31.6. The molecule has 0 aliphatic carbocycles. The quantitative estimate of drug-likeness (QED) is 0.128. The number of hydrogen-bond acceptors (Lipinski definition) is 6. The molecule has 0 aliphatic heterocycles. The molecule has 0 amide bonds. The number of nitrogens with zero attached hydrogens (tertiary/aromatic N) is 8. The molecule has 86 heavy (non-hydrogen) atoms. The normalized spacial score (nSPS) is 11.5. The Morgan fingerprint density at radius 1 is 0.186 bits per heavy atom. The smallest absolute Gasteiger partial charge is 0.164 e. The molecule has 8 heteroatoms. The number of benzene rings is 12. The van der Waals surface area contributed by atoms with Crippen LogP contribution in [0.3, 0.4) is 0 Å². The van der Waals surface area contributed by atoms with Gasteiger partial charge in [0.2, 0.25) is 0 Å². The highest BCUT2D eigenvalue weighted by Gasteiger charge is 2.23. The van der Waals surface area contributed by atoms with Crippen molar-refractivity contribution >= 4 is 43.6 Å². The Hall–Kier alpha value is -11.7. The predicted octanol–water partition coefficient (Wildman–Crippen LogP) is 19.3. The number of fused-ring (bicyclic) bond motifs is 6. The lowest BCUT2D eigenvalue weighted by Gasteiger charge is -2.19. The van der Waals surface area contributed by atoms with Crippen LogP contribution in [0.2, 0.25) is 0 Å². The molecule has 12 aromatic carbocycles. The maximum Gasteiger partial charge on any atom is 0.164 e. The first kappa shape index (κ1) is 50.0. The molecular weight excluding hydrogens is 1050 g/mol. The molecule has 8 nitrogen and oxygen atoms in total. The van der Waals surface area contributed by atoms with E-state index in [2.05, 4.69) is 215 Å². The van der Waals surface area contributed by atoms with E-state index >= 15 is 0 Å². The van der Waals surface area contributed by atoms with Gasteiger partial charge in [-0.3, -0.25) is 0 Å². The van der Waals surface area contributed by atoms with E-state index < -0.39 is 0 Å². The van der Waals surface area contributed by atoms with Gasteiger partial charge in [-0.2, -0.15) is 0 Å². The lowest BCUT2D eigenvalue weighted by atomic mass is 9.97. The fourth-order valence-corrected chi connectivity index (χ4v) is 12.1. The van der Waals surface area contributed by atoms with Crippen LogP contribution in [0.25, 0.3) is 157 Å². The Morgan fingerprint density at radius 3 is 0.953 bits per heavy atom.